The SMILES string of the molecule is COc1ccc(-c2c(C)oc3cc(OCC(=O)c4ccc(Cl)cc4)ccc3c2=O)cc1. The molecule has 0 aliphatic rings. The highest BCUT2D eigenvalue weighted by Gasteiger charge is 2.15. The van der Waals surface area contributed by atoms with E-state index >= 15 is 0 Å². The fourth-order valence-electron chi connectivity index (χ4n) is 3.34. The van der Waals surface area contributed by atoms with Gasteiger partial charge >= 0.3 is 0 Å². The van der Waals surface area contributed by atoms with E-state index in [0.29, 0.717) is 44.4 Å². The lowest BCUT2D eigenvalue weighted by Gasteiger charge is -2.10. The number of benzene rings is 3. The van der Waals surface area contributed by atoms with Crippen molar-refractivity contribution in [3.05, 3.63) is 93.3 Å². The molecule has 0 saturated heterocycles. The molecular weight excluding hydrogens is 416 g/mol. The van der Waals surface area contributed by atoms with E-state index in [2.05, 4.69) is 0 Å². The molecule has 5 nitrogen and oxygen atoms in total. The number of ether oxygens (including phenoxy) is 2. The Morgan fingerprint density at radius 2 is 1.65 bits per heavy atom. The minimum atomic E-state index is -0.177. The first kappa shape index (κ1) is 20.7. The summed E-state index contributed by atoms with van der Waals surface area (Å²) in [4.78, 5) is 25.4. The van der Waals surface area contributed by atoms with Gasteiger partial charge < -0.3 is 13.9 Å². The third kappa shape index (κ3) is 4.32. The summed E-state index contributed by atoms with van der Waals surface area (Å²) in [6, 6.07) is 18.8. The molecule has 0 unspecified atom stereocenters. The Bertz CT molecular complexity index is 1310. The predicted octanol–water partition coefficient (Wildman–Crippen LogP) is 5.69. The van der Waals surface area contributed by atoms with Gasteiger partial charge in [0.1, 0.15) is 22.8 Å². The number of ketones is 1. The van der Waals surface area contributed by atoms with Crippen LogP contribution in [0.4, 0.5) is 0 Å². The van der Waals surface area contributed by atoms with Crippen LogP contribution in [0, 0.1) is 6.92 Å². The van der Waals surface area contributed by atoms with Gasteiger partial charge in [0.25, 0.3) is 0 Å². The van der Waals surface area contributed by atoms with E-state index in [1.807, 2.05) is 12.1 Å². The zero-order chi connectivity index (χ0) is 22.0. The van der Waals surface area contributed by atoms with Gasteiger partial charge in [-0.2, -0.15) is 0 Å². The smallest absolute Gasteiger partial charge is 0.200 e. The van der Waals surface area contributed by atoms with Crippen LogP contribution in [0.1, 0.15) is 16.1 Å². The van der Waals surface area contributed by atoms with Crippen LogP contribution in [0.5, 0.6) is 11.5 Å². The van der Waals surface area contributed by atoms with Crippen molar-refractivity contribution in [1.29, 1.82) is 0 Å². The average Bonchev–Trinajstić information content (AvgIpc) is 2.78. The van der Waals surface area contributed by atoms with Gasteiger partial charge in [0.2, 0.25) is 5.43 Å². The predicted molar refractivity (Wildman–Crippen MR) is 120 cm³/mol. The number of halogens is 1. The van der Waals surface area contributed by atoms with Crippen molar-refractivity contribution < 1.29 is 18.7 Å². The molecule has 0 bridgehead atoms. The quantitative estimate of drug-likeness (QED) is 0.364. The Hall–Kier alpha value is -3.57. The molecule has 0 saturated carbocycles. The third-order valence-corrected chi connectivity index (χ3v) is 5.21. The minimum Gasteiger partial charge on any atom is -0.497 e. The summed E-state index contributed by atoms with van der Waals surface area (Å²) in [5.41, 5.74) is 2.03. The summed E-state index contributed by atoms with van der Waals surface area (Å²) in [7, 11) is 1.59. The van der Waals surface area contributed by atoms with E-state index in [0.717, 1.165) is 5.56 Å². The van der Waals surface area contributed by atoms with Gasteiger partial charge in [0.15, 0.2) is 12.4 Å². The van der Waals surface area contributed by atoms with Crippen molar-refractivity contribution >= 4 is 28.4 Å². The van der Waals surface area contributed by atoms with Gasteiger partial charge in [-0.15, -0.1) is 0 Å². The third-order valence-electron chi connectivity index (χ3n) is 4.95. The lowest BCUT2D eigenvalue weighted by Crippen LogP contribution is -2.12. The highest BCUT2D eigenvalue weighted by molar-refractivity contribution is 6.30. The number of aryl methyl sites for hydroxylation is 1. The summed E-state index contributed by atoms with van der Waals surface area (Å²) in [5, 5.41) is 0.999. The molecule has 4 aromatic rings. The largest absolute Gasteiger partial charge is 0.497 e. The zero-order valence-electron chi connectivity index (χ0n) is 17.0. The maximum absolute atomic E-state index is 13.1. The molecule has 0 N–H and O–H groups in total. The van der Waals surface area contributed by atoms with Crippen LogP contribution in [-0.4, -0.2) is 19.5 Å². The first-order valence-corrected chi connectivity index (χ1v) is 9.97. The van der Waals surface area contributed by atoms with Crippen molar-refractivity contribution in [2.24, 2.45) is 0 Å². The molecule has 1 aromatic heterocycles. The molecule has 3 aromatic carbocycles. The number of carbonyl (C=O) groups excluding carboxylic acids is 1. The Balaban J connectivity index is 1.60. The second-order valence-corrected chi connectivity index (χ2v) is 7.40. The average molecular weight is 435 g/mol. The molecule has 156 valence electrons. The molecule has 4 rings (SSSR count). The van der Waals surface area contributed by atoms with Crippen molar-refractivity contribution in [2.75, 3.05) is 13.7 Å². The molecule has 6 heteroatoms. The lowest BCUT2D eigenvalue weighted by atomic mass is 10.0. The van der Waals surface area contributed by atoms with Crippen LogP contribution in [0.2, 0.25) is 5.02 Å². The first-order valence-electron chi connectivity index (χ1n) is 9.59. The van der Waals surface area contributed by atoms with Crippen molar-refractivity contribution in [1.82, 2.24) is 0 Å². The molecule has 31 heavy (non-hydrogen) atoms. The monoisotopic (exact) mass is 434 g/mol. The van der Waals surface area contributed by atoms with Crippen LogP contribution >= 0.6 is 11.6 Å². The summed E-state index contributed by atoms with van der Waals surface area (Å²) < 4.78 is 16.7. The van der Waals surface area contributed by atoms with E-state index in [1.54, 1.807) is 68.6 Å². The zero-order valence-corrected chi connectivity index (χ0v) is 17.7. The van der Waals surface area contributed by atoms with Gasteiger partial charge in [0.05, 0.1) is 18.1 Å². The van der Waals surface area contributed by atoms with Crippen molar-refractivity contribution in [2.45, 2.75) is 6.92 Å². The van der Waals surface area contributed by atoms with Crippen LogP contribution in [0.15, 0.2) is 75.9 Å². The molecule has 0 amide bonds. The van der Waals surface area contributed by atoms with E-state index in [4.69, 9.17) is 25.5 Å². The maximum atomic E-state index is 13.1. The summed E-state index contributed by atoms with van der Waals surface area (Å²) in [6.07, 6.45) is 0. The molecule has 0 aliphatic carbocycles. The van der Waals surface area contributed by atoms with Crippen molar-refractivity contribution in [3.8, 4) is 22.6 Å². The molecule has 1 heterocycles. The highest BCUT2D eigenvalue weighted by Crippen LogP contribution is 2.27. The molecule has 0 fully saturated rings. The molecule has 0 spiro atoms. The van der Waals surface area contributed by atoms with Crippen molar-refractivity contribution in [3.63, 3.8) is 0 Å². The number of hydrogen-bond acceptors (Lipinski definition) is 5. The van der Waals surface area contributed by atoms with Gasteiger partial charge in [0, 0.05) is 16.7 Å². The van der Waals surface area contributed by atoms with Crippen LogP contribution < -0.4 is 14.9 Å². The van der Waals surface area contributed by atoms with Gasteiger partial charge in [-0.1, -0.05) is 23.7 Å². The number of hydrogen-bond donors (Lipinski definition) is 0. The second kappa shape index (κ2) is 8.66. The summed E-state index contributed by atoms with van der Waals surface area (Å²) in [6.45, 7) is 1.61. The summed E-state index contributed by atoms with van der Waals surface area (Å²) in [5.74, 6) is 1.47. The normalized spacial score (nSPS) is 10.8. The van der Waals surface area contributed by atoms with Gasteiger partial charge in [-0.05, 0) is 61.0 Å². The van der Waals surface area contributed by atoms with Gasteiger partial charge in [-0.25, -0.2) is 0 Å². The van der Waals surface area contributed by atoms with Crippen LogP contribution in [0.25, 0.3) is 22.1 Å². The standard InChI is InChI=1S/C25H19ClO5/c1-15-24(17-5-9-19(29-2)10-6-17)25(28)21-12-11-20(13-23(21)31-15)30-14-22(27)16-3-7-18(26)8-4-16/h3-13H,14H2,1-2H3. The fraction of sp³-hybridized carbons (Fsp3) is 0.120. The molecule has 0 aliphatic heterocycles. The van der Waals surface area contributed by atoms with Crippen LogP contribution in [-0.2, 0) is 0 Å². The van der Waals surface area contributed by atoms with Gasteiger partial charge in [-0.3, -0.25) is 9.59 Å². The number of carbonyl (C=O) groups is 1. The van der Waals surface area contributed by atoms with E-state index in [-0.39, 0.29) is 17.8 Å². The number of rotatable bonds is 6. The maximum Gasteiger partial charge on any atom is 0.200 e. The molecule has 0 atom stereocenters. The first-order chi connectivity index (χ1) is 15.0. The van der Waals surface area contributed by atoms with E-state index < -0.39 is 0 Å². The fourth-order valence-corrected chi connectivity index (χ4v) is 3.46. The number of methoxy groups -OCH3 is 1. The Morgan fingerprint density at radius 1 is 0.968 bits per heavy atom. The molecular formula is C25H19ClO5. The number of Topliss-reactive ketones (excluding diaryl/α,β-unsaturated/α-hetero) is 1. The lowest BCUT2D eigenvalue weighted by molar-refractivity contribution is 0.0921. The Kier molecular flexibility index (Phi) is 5.78. The van der Waals surface area contributed by atoms with E-state index in [1.165, 1.54) is 0 Å². The number of fused-ring (bicyclic) bond motifs is 1. The minimum absolute atomic E-state index is 0.132. The Morgan fingerprint density at radius 3 is 2.32 bits per heavy atom. The summed E-state index contributed by atoms with van der Waals surface area (Å²) >= 11 is 5.85. The molecule has 0 radical (unpaired) electrons. The van der Waals surface area contributed by atoms with Crippen LogP contribution in [0.3, 0.4) is 0 Å². The highest BCUT2D eigenvalue weighted by atomic mass is 35.5. The second-order valence-electron chi connectivity index (χ2n) is 6.97. The van der Waals surface area contributed by atoms with E-state index in [9.17, 15) is 9.59 Å². The Labute approximate surface area is 183 Å². The topological polar surface area (TPSA) is 65.7 Å².